The smallest absolute Gasteiger partial charge is 0.161 e. The van der Waals surface area contributed by atoms with Crippen LogP contribution in [-0.2, 0) is 0 Å². The van der Waals surface area contributed by atoms with Crippen molar-refractivity contribution in [2.24, 2.45) is 0 Å². The number of fused-ring (bicyclic) bond motifs is 1. The average Bonchev–Trinajstić information content (AvgIpc) is 2.93. The Kier molecular flexibility index (Phi) is 4.67. The standard InChI is InChI=1S/C15H19N3O2S/c1-2-6-16-15(12-10-21-18-17-12)11-4-5-13-14(9-11)20-8-3-7-19-13/h4-5,9-10,15-16H,2-3,6-8H2,1H3. The van der Waals surface area contributed by atoms with Gasteiger partial charge in [-0.15, -0.1) is 5.10 Å². The van der Waals surface area contributed by atoms with Gasteiger partial charge >= 0.3 is 0 Å². The summed E-state index contributed by atoms with van der Waals surface area (Å²) in [5, 5.41) is 9.71. The van der Waals surface area contributed by atoms with Crippen LogP contribution in [0.3, 0.4) is 0 Å². The molecule has 0 bridgehead atoms. The minimum absolute atomic E-state index is 0.0425. The number of aromatic nitrogens is 2. The Labute approximate surface area is 128 Å². The molecule has 2 aromatic rings. The van der Waals surface area contributed by atoms with Gasteiger partial charge in [0.15, 0.2) is 11.5 Å². The highest BCUT2D eigenvalue weighted by Gasteiger charge is 2.19. The van der Waals surface area contributed by atoms with E-state index in [-0.39, 0.29) is 6.04 Å². The van der Waals surface area contributed by atoms with Crippen molar-refractivity contribution in [1.82, 2.24) is 14.9 Å². The highest BCUT2D eigenvalue weighted by atomic mass is 32.1. The van der Waals surface area contributed by atoms with Crippen molar-refractivity contribution >= 4 is 11.5 Å². The van der Waals surface area contributed by atoms with Crippen LogP contribution in [-0.4, -0.2) is 29.3 Å². The van der Waals surface area contributed by atoms with Crippen LogP contribution in [0.4, 0.5) is 0 Å². The second-order valence-electron chi connectivity index (χ2n) is 4.97. The summed E-state index contributed by atoms with van der Waals surface area (Å²) in [4.78, 5) is 0. The van der Waals surface area contributed by atoms with E-state index in [0.29, 0.717) is 13.2 Å². The Hall–Kier alpha value is -1.66. The number of benzene rings is 1. The van der Waals surface area contributed by atoms with Crippen LogP contribution in [0.5, 0.6) is 11.5 Å². The molecule has 1 aromatic heterocycles. The monoisotopic (exact) mass is 305 g/mol. The summed E-state index contributed by atoms with van der Waals surface area (Å²) in [5.41, 5.74) is 2.07. The third-order valence-electron chi connectivity index (χ3n) is 3.38. The fourth-order valence-electron chi connectivity index (χ4n) is 2.34. The molecule has 1 aliphatic heterocycles. The van der Waals surface area contributed by atoms with E-state index in [1.807, 2.05) is 17.5 Å². The Morgan fingerprint density at radius 1 is 1.29 bits per heavy atom. The maximum absolute atomic E-state index is 5.77. The summed E-state index contributed by atoms with van der Waals surface area (Å²) < 4.78 is 15.4. The molecule has 0 spiro atoms. The fourth-order valence-corrected chi connectivity index (χ4v) is 2.82. The molecule has 3 rings (SSSR count). The molecule has 1 atom stereocenters. The van der Waals surface area contributed by atoms with E-state index in [1.165, 1.54) is 11.5 Å². The van der Waals surface area contributed by atoms with Crippen LogP contribution < -0.4 is 14.8 Å². The van der Waals surface area contributed by atoms with E-state index in [4.69, 9.17) is 9.47 Å². The SMILES string of the molecule is CCCNC(c1ccc2c(c1)OCCCO2)c1csnn1. The third-order valence-corrected chi connectivity index (χ3v) is 3.90. The van der Waals surface area contributed by atoms with Gasteiger partial charge in [-0.3, -0.25) is 0 Å². The predicted molar refractivity (Wildman–Crippen MR) is 82.1 cm³/mol. The van der Waals surface area contributed by atoms with E-state index >= 15 is 0 Å². The third kappa shape index (κ3) is 3.33. The first-order valence-corrected chi connectivity index (χ1v) is 8.12. The lowest BCUT2D eigenvalue weighted by Crippen LogP contribution is -2.23. The average molecular weight is 305 g/mol. The van der Waals surface area contributed by atoms with E-state index in [9.17, 15) is 0 Å². The van der Waals surface area contributed by atoms with Crippen molar-refractivity contribution in [2.75, 3.05) is 19.8 Å². The molecule has 2 heterocycles. The van der Waals surface area contributed by atoms with Crippen molar-refractivity contribution in [3.63, 3.8) is 0 Å². The zero-order chi connectivity index (χ0) is 14.5. The van der Waals surface area contributed by atoms with Crippen LogP contribution in [0.15, 0.2) is 23.6 Å². The summed E-state index contributed by atoms with van der Waals surface area (Å²) in [7, 11) is 0. The molecule has 1 unspecified atom stereocenters. The van der Waals surface area contributed by atoms with E-state index < -0.39 is 0 Å². The topological polar surface area (TPSA) is 56.3 Å². The Bertz CT molecular complexity index is 574. The number of nitrogens with one attached hydrogen (secondary N) is 1. The van der Waals surface area contributed by atoms with E-state index in [2.05, 4.69) is 27.9 Å². The van der Waals surface area contributed by atoms with Crippen LogP contribution in [0.2, 0.25) is 0 Å². The maximum Gasteiger partial charge on any atom is 0.161 e. The predicted octanol–water partition coefficient (Wildman–Crippen LogP) is 2.79. The molecule has 5 nitrogen and oxygen atoms in total. The zero-order valence-corrected chi connectivity index (χ0v) is 12.9. The van der Waals surface area contributed by atoms with Gasteiger partial charge in [0.2, 0.25) is 0 Å². The minimum Gasteiger partial charge on any atom is -0.490 e. The van der Waals surface area contributed by atoms with Crippen molar-refractivity contribution in [3.8, 4) is 11.5 Å². The zero-order valence-electron chi connectivity index (χ0n) is 12.0. The first-order valence-electron chi connectivity index (χ1n) is 7.28. The van der Waals surface area contributed by atoms with Crippen LogP contribution in [0.1, 0.15) is 37.1 Å². The summed E-state index contributed by atoms with van der Waals surface area (Å²) >= 11 is 1.37. The largest absolute Gasteiger partial charge is 0.490 e. The second kappa shape index (κ2) is 6.87. The van der Waals surface area contributed by atoms with Gasteiger partial charge in [-0.1, -0.05) is 17.5 Å². The van der Waals surface area contributed by atoms with Crippen LogP contribution in [0.25, 0.3) is 0 Å². The maximum atomic E-state index is 5.77. The molecule has 0 amide bonds. The molecular formula is C15H19N3O2S. The van der Waals surface area contributed by atoms with Crippen LogP contribution in [0, 0.1) is 0 Å². The summed E-state index contributed by atoms with van der Waals surface area (Å²) in [6.45, 7) is 4.48. The quantitative estimate of drug-likeness (QED) is 0.920. The lowest BCUT2D eigenvalue weighted by Gasteiger charge is -2.18. The first kappa shape index (κ1) is 14.3. The number of hydrogen-bond donors (Lipinski definition) is 1. The van der Waals surface area contributed by atoms with Crippen molar-refractivity contribution in [3.05, 3.63) is 34.8 Å². The summed E-state index contributed by atoms with van der Waals surface area (Å²) in [6.07, 6.45) is 1.98. The molecule has 21 heavy (non-hydrogen) atoms. The lowest BCUT2D eigenvalue weighted by atomic mass is 10.0. The van der Waals surface area contributed by atoms with Gasteiger partial charge < -0.3 is 14.8 Å². The van der Waals surface area contributed by atoms with E-state index in [0.717, 1.165) is 42.1 Å². The van der Waals surface area contributed by atoms with E-state index in [1.54, 1.807) is 0 Å². The Morgan fingerprint density at radius 3 is 2.90 bits per heavy atom. The minimum atomic E-state index is 0.0425. The summed E-state index contributed by atoms with van der Waals surface area (Å²) in [6, 6.07) is 6.14. The number of nitrogens with zero attached hydrogens (tertiary/aromatic N) is 2. The molecule has 0 fully saturated rings. The van der Waals surface area contributed by atoms with Gasteiger partial charge in [0.05, 0.1) is 24.9 Å². The molecule has 112 valence electrons. The van der Waals surface area contributed by atoms with Gasteiger partial charge in [0.25, 0.3) is 0 Å². The molecule has 0 saturated heterocycles. The molecule has 1 aromatic carbocycles. The Balaban J connectivity index is 1.90. The van der Waals surface area contributed by atoms with Crippen molar-refractivity contribution in [1.29, 1.82) is 0 Å². The van der Waals surface area contributed by atoms with Gasteiger partial charge in [0.1, 0.15) is 0 Å². The van der Waals surface area contributed by atoms with Crippen molar-refractivity contribution in [2.45, 2.75) is 25.8 Å². The molecular weight excluding hydrogens is 286 g/mol. The highest BCUT2D eigenvalue weighted by molar-refractivity contribution is 7.03. The fraction of sp³-hybridized carbons (Fsp3) is 0.467. The molecule has 0 saturated carbocycles. The number of rotatable bonds is 5. The molecule has 6 heteroatoms. The normalized spacial score (nSPS) is 15.5. The number of hydrogen-bond acceptors (Lipinski definition) is 6. The Morgan fingerprint density at radius 2 is 2.14 bits per heavy atom. The van der Waals surface area contributed by atoms with Crippen LogP contribution >= 0.6 is 11.5 Å². The highest BCUT2D eigenvalue weighted by Crippen LogP contribution is 2.33. The van der Waals surface area contributed by atoms with Gasteiger partial charge in [-0.05, 0) is 42.2 Å². The first-order chi connectivity index (χ1) is 10.4. The summed E-state index contributed by atoms with van der Waals surface area (Å²) in [5.74, 6) is 1.64. The van der Waals surface area contributed by atoms with Crippen molar-refractivity contribution < 1.29 is 9.47 Å². The molecule has 1 aliphatic rings. The van der Waals surface area contributed by atoms with Gasteiger partial charge in [-0.2, -0.15) is 0 Å². The molecule has 0 radical (unpaired) electrons. The van der Waals surface area contributed by atoms with Gasteiger partial charge in [0, 0.05) is 11.8 Å². The molecule has 0 aliphatic carbocycles. The molecule has 1 N–H and O–H groups in total. The van der Waals surface area contributed by atoms with Gasteiger partial charge in [-0.25, -0.2) is 0 Å². The lowest BCUT2D eigenvalue weighted by molar-refractivity contribution is 0.297. The number of ether oxygens (including phenoxy) is 2. The second-order valence-corrected chi connectivity index (χ2v) is 5.58.